The fraction of sp³-hybridized carbons (Fsp3) is 0.500. The van der Waals surface area contributed by atoms with E-state index in [2.05, 4.69) is 55.1 Å². The van der Waals surface area contributed by atoms with Crippen molar-refractivity contribution in [2.24, 2.45) is 0 Å². The van der Waals surface area contributed by atoms with E-state index < -0.39 is 19.9 Å². The van der Waals surface area contributed by atoms with E-state index in [1.807, 2.05) is 39.8 Å². The van der Waals surface area contributed by atoms with Crippen molar-refractivity contribution in [3.05, 3.63) is 60.7 Å². The SMILES string of the molecule is CC1(C)OCC(C2OC(C)(C)OC2CO[Si](C)(c2ccccc2)c2ccccc2)O1. The van der Waals surface area contributed by atoms with Gasteiger partial charge in [-0.1, -0.05) is 60.7 Å². The molecule has 0 N–H and O–H groups in total. The summed E-state index contributed by atoms with van der Waals surface area (Å²) in [6.45, 7) is 10.9. The summed E-state index contributed by atoms with van der Waals surface area (Å²) in [5.74, 6) is -1.30. The van der Waals surface area contributed by atoms with Crippen LogP contribution in [0.3, 0.4) is 0 Å². The average molecular weight is 429 g/mol. The Hall–Kier alpha value is -1.54. The Morgan fingerprint density at radius 2 is 1.40 bits per heavy atom. The molecule has 0 spiro atoms. The van der Waals surface area contributed by atoms with Crippen LogP contribution in [0.5, 0.6) is 0 Å². The summed E-state index contributed by atoms with van der Waals surface area (Å²) in [5.41, 5.74) is 0. The molecular formula is C24H32O5Si. The van der Waals surface area contributed by atoms with Crippen LogP contribution in [-0.2, 0) is 23.4 Å². The Morgan fingerprint density at radius 1 is 0.833 bits per heavy atom. The van der Waals surface area contributed by atoms with Gasteiger partial charge in [-0.15, -0.1) is 0 Å². The van der Waals surface area contributed by atoms with Gasteiger partial charge in [-0.05, 0) is 44.6 Å². The van der Waals surface area contributed by atoms with Crippen molar-refractivity contribution in [1.29, 1.82) is 0 Å². The highest BCUT2D eigenvalue weighted by atomic mass is 28.4. The minimum absolute atomic E-state index is 0.184. The van der Waals surface area contributed by atoms with Gasteiger partial charge in [-0.25, -0.2) is 0 Å². The van der Waals surface area contributed by atoms with Gasteiger partial charge in [-0.3, -0.25) is 0 Å². The normalized spacial score (nSPS) is 28.0. The summed E-state index contributed by atoms with van der Waals surface area (Å²) in [4.78, 5) is 0. The van der Waals surface area contributed by atoms with Crippen LogP contribution in [0.1, 0.15) is 27.7 Å². The first kappa shape index (κ1) is 21.7. The van der Waals surface area contributed by atoms with Crippen molar-refractivity contribution in [3.8, 4) is 0 Å². The van der Waals surface area contributed by atoms with Gasteiger partial charge in [0.1, 0.15) is 18.3 Å². The molecule has 0 amide bonds. The summed E-state index contributed by atoms with van der Waals surface area (Å²) >= 11 is 0. The quantitative estimate of drug-likeness (QED) is 0.662. The van der Waals surface area contributed by atoms with Crippen molar-refractivity contribution in [2.45, 2.75) is 64.1 Å². The highest BCUT2D eigenvalue weighted by Crippen LogP contribution is 2.36. The lowest BCUT2D eigenvalue weighted by molar-refractivity contribution is -0.174. The molecule has 2 aliphatic rings. The van der Waals surface area contributed by atoms with E-state index in [-0.39, 0.29) is 18.3 Å². The van der Waals surface area contributed by atoms with Crippen LogP contribution in [0.2, 0.25) is 6.55 Å². The topological polar surface area (TPSA) is 46.2 Å². The van der Waals surface area contributed by atoms with Gasteiger partial charge in [-0.2, -0.15) is 0 Å². The molecule has 3 atom stereocenters. The maximum Gasteiger partial charge on any atom is 0.252 e. The Labute approximate surface area is 180 Å². The second-order valence-corrected chi connectivity index (χ2v) is 12.6. The van der Waals surface area contributed by atoms with E-state index in [0.29, 0.717) is 13.2 Å². The summed E-state index contributed by atoms with van der Waals surface area (Å²) in [6, 6.07) is 21.0. The molecule has 2 aromatic rings. The Balaban J connectivity index is 1.56. The zero-order valence-corrected chi connectivity index (χ0v) is 19.5. The number of benzene rings is 2. The second-order valence-electron chi connectivity index (χ2n) is 9.08. The van der Waals surface area contributed by atoms with Crippen LogP contribution >= 0.6 is 0 Å². The molecule has 2 aliphatic heterocycles. The van der Waals surface area contributed by atoms with E-state index in [1.54, 1.807) is 0 Å². The molecule has 3 unspecified atom stereocenters. The lowest BCUT2D eigenvalue weighted by Crippen LogP contribution is -2.59. The van der Waals surface area contributed by atoms with Gasteiger partial charge in [0.2, 0.25) is 0 Å². The van der Waals surface area contributed by atoms with Crippen molar-refractivity contribution in [3.63, 3.8) is 0 Å². The maximum atomic E-state index is 6.76. The van der Waals surface area contributed by atoms with Crippen LogP contribution in [0, 0.1) is 0 Å². The van der Waals surface area contributed by atoms with E-state index >= 15 is 0 Å². The summed E-state index contributed by atoms with van der Waals surface area (Å²) < 4.78 is 31.1. The molecule has 2 aromatic carbocycles. The van der Waals surface area contributed by atoms with Crippen LogP contribution in [0.25, 0.3) is 0 Å². The van der Waals surface area contributed by atoms with Crippen molar-refractivity contribution in [2.75, 3.05) is 13.2 Å². The molecule has 2 saturated heterocycles. The highest BCUT2D eigenvalue weighted by molar-refractivity contribution is 6.96. The van der Waals surface area contributed by atoms with Gasteiger partial charge in [0.05, 0.1) is 13.2 Å². The third-order valence-electron chi connectivity index (χ3n) is 5.80. The standard InChI is InChI=1S/C24H32O5Si/c1-23(2)25-16-20(27-23)22-21(28-24(3,4)29-22)17-26-30(5,18-12-8-6-9-13-18)19-14-10-7-11-15-19/h6-15,20-22H,16-17H2,1-5H3. The Morgan fingerprint density at radius 3 is 1.90 bits per heavy atom. The molecule has 2 fully saturated rings. The van der Waals surface area contributed by atoms with Gasteiger partial charge >= 0.3 is 0 Å². The molecule has 0 aromatic heterocycles. The van der Waals surface area contributed by atoms with Crippen molar-refractivity contribution in [1.82, 2.24) is 0 Å². The van der Waals surface area contributed by atoms with E-state index in [9.17, 15) is 0 Å². The van der Waals surface area contributed by atoms with Gasteiger partial charge in [0.15, 0.2) is 11.6 Å². The fourth-order valence-electron chi connectivity index (χ4n) is 4.28. The minimum Gasteiger partial charge on any atom is -0.405 e. The molecule has 0 radical (unpaired) electrons. The van der Waals surface area contributed by atoms with Crippen LogP contribution in [0.4, 0.5) is 0 Å². The first-order valence-corrected chi connectivity index (χ1v) is 13.0. The first-order chi connectivity index (χ1) is 14.2. The molecule has 162 valence electrons. The summed E-state index contributed by atoms with van der Waals surface area (Å²) in [5, 5.41) is 2.46. The van der Waals surface area contributed by atoms with Crippen molar-refractivity contribution >= 4 is 18.7 Å². The Kier molecular flexibility index (Phi) is 5.92. The zero-order chi connectivity index (χ0) is 21.4. The van der Waals surface area contributed by atoms with Gasteiger partial charge < -0.3 is 23.4 Å². The van der Waals surface area contributed by atoms with Gasteiger partial charge in [0.25, 0.3) is 8.32 Å². The van der Waals surface area contributed by atoms with Crippen LogP contribution < -0.4 is 10.4 Å². The van der Waals surface area contributed by atoms with E-state index in [4.69, 9.17) is 23.4 Å². The minimum atomic E-state index is -2.42. The lowest BCUT2D eigenvalue weighted by Gasteiger charge is -2.31. The summed E-state index contributed by atoms with van der Waals surface area (Å²) in [7, 11) is -2.42. The van der Waals surface area contributed by atoms with Gasteiger partial charge in [0, 0.05) is 0 Å². The van der Waals surface area contributed by atoms with Crippen LogP contribution in [-0.4, -0.2) is 51.4 Å². The number of ether oxygens (including phenoxy) is 4. The lowest BCUT2D eigenvalue weighted by atomic mass is 10.1. The molecule has 0 aliphatic carbocycles. The Bertz CT molecular complexity index is 800. The molecule has 6 heteroatoms. The molecule has 30 heavy (non-hydrogen) atoms. The molecule has 5 nitrogen and oxygen atoms in total. The molecule has 0 saturated carbocycles. The third kappa shape index (κ3) is 4.54. The monoisotopic (exact) mass is 428 g/mol. The zero-order valence-electron chi connectivity index (χ0n) is 18.5. The fourth-order valence-corrected chi connectivity index (χ4v) is 7.10. The summed E-state index contributed by atoms with van der Waals surface area (Å²) in [6.07, 6.45) is -0.662. The second kappa shape index (κ2) is 8.18. The molecule has 2 heterocycles. The molecule has 4 rings (SSSR count). The number of hydrogen-bond donors (Lipinski definition) is 0. The maximum absolute atomic E-state index is 6.76. The average Bonchev–Trinajstić information content (AvgIpc) is 3.25. The largest absolute Gasteiger partial charge is 0.405 e. The number of rotatable bonds is 6. The number of hydrogen-bond acceptors (Lipinski definition) is 5. The smallest absolute Gasteiger partial charge is 0.252 e. The van der Waals surface area contributed by atoms with Crippen LogP contribution in [0.15, 0.2) is 60.7 Å². The first-order valence-electron chi connectivity index (χ1n) is 10.6. The molecular weight excluding hydrogens is 396 g/mol. The third-order valence-corrected chi connectivity index (χ3v) is 9.42. The molecule has 0 bridgehead atoms. The van der Waals surface area contributed by atoms with E-state index in [1.165, 1.54) is 10.4 Å². The predicted octanol–water partition coefficient (Wildman–Crippen LogP) is 3.06. The van der Waals surface area contributed by atoms with Crippen molar-refractivity contribution < 1.29 is 23.4 Å². The van der Waals surface area contributed by atoms with E-state index in [0.717, 1.165) is 0 Å². The predicted molar refractivity (Wildman–Crippen MR) is 118 cm³/mol. The highest BCUT2D eigenvalue weighted by Gasteiger charge is 2.50.